The predicted molar refractivity (Wildman–Crippen MR) is 65.5 cm³/mol. The number of nitrogens with zero attached hydrogens (tertiary/aromatic N) is 1. The van der Waals surface area contributed by atoms with Gasteiger partial charge in [0.05, 0.1) is 16.5 Å². The molecule has 2 N–H and O–H groups in total. The molecule has 1 atom stereocenters. The summed E-state index contributed by atoms with van der Waals surface area (Å²) in [5, 5.41) is 1.01. The molecular formula is C10H16N2O2S2. The van der Waals surface area contributed by atoms with Gasteiger partial charge < -0.3 is 5.73 Å². The van der Waals surface area contributed by atoms with E-state index in [-0.39, 0.29) is 11.7 Å². The second-order valence-electron chi connectivity index (χ2n) is 4.15. The molecule has 90 valence electrons. The maximum atomic E-state index is 11.5. The molecule has 1 aliphatic rings. The Hall–Kier alpha value is -0.460. The predicted octanol–water partition coefficient (Wildman–Crippen LogP) is 0.936. The molecule has 0 aromatic carbocycles. The summed E-state index contributed by atoms with van der Waals surface area (Å²) in [5.74, 6) is 0.789. The number of hydrogen-bond acceptors (Lipinski definition) is 5. The van der Waals surface area contributed by atoms with Crippen LogP contribution in [0.3, 0.4) is 0 Å². The van der Waals surface area contributed by atoms with Crippen molar-refractivity contribution in [1.29, 1.82) is 0 Å². The van der Waals surface area contributed by atoms with Gasteiger partial charge in [-0.2, -0.15) is 0 Å². The highest BCUT2D eigenvalue weighted by atomic mass is 32.2. The van der Waals surface area contributed by atoms with Gasteiger partial charge in [0.25, 0.3) is 0 Å². The first-order valence-corrected chi connectivity index (χ1v) is 8.09. The van der Waals surface area contributed by atoms with Crippen molar-refractivity contribution < 1.29 is 8.42 Å². The molecule has 1 saturated heterocycles. The first-order valence-electron chi connectivity index (χ1n) is 5.46. The lowest BCUT2D eigenvalue weighted by molar-refractivity contribution is 0.556. The monoisotopic (exact) mass is 260 g/mol. The number of nitrogens with two attached hydrogens (primary N) is 1. The maximum absolute atomic E-state index is 11.5. The van der Waals surface area contributed by atoms with Gasteiger partial charge in [0.1, 0.15) is 0 Å². The average Bonchev–Trinajstić information content (AvgIpc) is 2.65. The highest BCUT2D eigenvalue weighted by Gasteiger charge is 2.27. The Balaban J connectivity index is 2.11. The molecule has 1 aromatic rings. The van der Waals surface area contributed by atoms with Crippen molar-refractivity contribution >= 4 is 21.2 Å². The van der Waals surface area contributed by atoms with Gasteiger partial charge in [-0.15, -0.1) is 11.3 Å². The highest BCUT2D eigenvalue weighted by molar-refractivity contribution is 7.91. The number of aromatic nitrogens is 1. The third-order valence-corrected chi connectivity index (χ3v) is 5.84. The molecule has 0 aliphatic carbocycles. The fraction of sp³-hybridized carbons (Fsp3) is 0.700. The zero-order valence-corrected chi connectivity index (χ0v) is 10.7. The molecule has 0 bridgehead atoms. The minimum atomic E-state index is -2.83. The van der Waals surface area contributed by atoms with Crippen molar-refractivity contribution in [1.82, 2.24) is 4.98 Å². The molecule has 2 rings (SSSR count). The van der Waals surface area contributed by atoms with Crippen LogP contribution in [0.1, 0.15) is 28.6 Å². The standard InChI is InChI=1S/C10H16N2O2S2/c11-4-3-10-12-6-9(15-10)8-2-1-5-16(13,14)7-8/h6,8H,1-5,7,11H2. The summed E-state index contributed by atoms with van der Waals surface area (Å²) in [4.78, 5) is 5.38. The molecule has 0 radical (unpaired) electrons. The highest BCUT2D eigenvalue weighted by Crippen LogP contribution is 2.31. The van der Waals surface area contributed by atoms with Crippen LogP contribution in [0.15, 0.2) is 6.20 Å². The molecule has 1 aromatic heterocycles. The summed E-state index contributed by atoms with van der Waals surface area (Å²) in [5.41, 5.74) is 5.46. The Bertz CT molecular complexity index is 453. The summed E-state index contributed by atoms with van der Waals surface area (Å²) in [6.07, 6.45) is 4.34. The Kier molecular flexibility index (Phi) is 3.61. The van der Waals surface area contributed by atoms with Crippen LogP contribution in [0.25, 0.3) is 0 Å². The SMILES string of the molecule is NCCc1ncc(C2CCCS(=O)(=O)C2)s1. The zero-order chi connectivity index (χ0) is 11.6. The van der Waals surface area contributed by atoms with Crippen LogP contribution in [0.4, 0.5) is 0 Å². The van der Waals surface area contributed by atoms with Crippen LogP contribution in [0, 0.1) is 0 Å². The topological polar surface area (TPSA) is 73.0 Å². The quantitative estimate of drug-likeness (QED) is 0.877. The van der Waals surface area contributed by atoms with E-state index in [1.165, 1.54) is 0 Å². The van der Waals surface area contributed by atoms with E-state index in [4.69, 9.17) is 5.73 Å². The second kappa shape index (κ2) is 4.81. The van der Waals surface area contributed by atoms with Crippen molar-refractivity contribution in [3.8, 4) is 0 Å². The van der Waals surface area contributed by atoms with Crippen LogP contribution in [0.2, 0.25) is 0 Å². The van der Waals surface area contributed by atoms with Crippen LogP contribution in [-0.2, 0) is 16.3 Å². The normalized spacial score (nSPS) is 24.4. The number of thiazole rings is 1. The third-order valence-electron chi connectivity index (χ3n) is 2.80. The van der Waals surface area contributed by atoms with Gasteiger partial charge in [0, 0.05) is 23.4 Å². The van der Waals surface area contributed by atoms with E-state index in [1.54, 1.807) is 11.3 Å². The average molecular weight is 260 g/mol. The summed E-state index contributed by atoms with van der Waals surface area (Å²) >= 11 is 1.61. The smallest absolute Gasteiger partial charge is 0.150 e. The van der Waals surface area contributed by atoms with Gasteiger partial charge in [0.15, 0.2) is 9.84 Å². The fourth-order valence-electron chi connectivity index (χ4n) is 2.00. The van der Waals surface area contributed by atoms with Gasteiger partial charge in [0.2, 0.25) is 0 Å². The van der Waals surface area contributed by atoms with E-state index in [0.29, 0.717) is 12.3 Å². The molecule has 6 heteroatoms. The number of hydrogen-bond donors (Lipinski definition) is 1. The molecule has 4 nitrogen and oxygen atoms in total. The van der Waals surface area contributed by atoms with Gasteiger partial charge in [-0.3, -0.25) is 0 Å². The van der Waals surface area contributed by atoms with Crippen LogP contribution in [0.5, 0.6) is 0 Å². The zero-order valence-electron chi connectivity index (χ0n) is 9.05. The molecule has 0 spiro atoms. The van der Waals surface area contributed by atoms with Crippen molar-refractivity contribution in [2.45, 2.75) is 25.2 Å². The molecule has 1 fully saturated rings. The van der Waals surface area contributed by atoms with E-state index in [1.807, 2.05) is 6.20 Å². The summed E-state index contributed by atoms with van der Waals surface area (Å²) in [6, 6.07) is 0. The van der Waals surface area contributed by atoms with Crippen molar-refractivity contribution in [2.75, 3.05) is 18.1 Å². The van der Waals surface area contributed by atoms with Crippen LogP contribution >= 0.6 is 11.3 Å². The van der Waals surface area contributed by atoms with E-state index >= 15 is 0 Å². The van der Waals surface area contributed by atoms with Crippen molar-refractivity contribution in [3.05, 3.63) is 16.1 Å². The molecule has 1 aliphatic heterocycles. The summed E-state index contributed by atoms with van der Waals surface area (Å²) in [6.45, 7) is 0.593. The Morgan fingerprint density at radius 2 is 2.38 bits per heavy atom. The number of rotatable bonds is 3. The fourth-order valence-corrected chi connectivity index (χ4v) is 4.91. The van der Waals surface area contributed by atoms with E-state index in [0.717, 1.165) is 29.1 Å². The van der Waals surface area contributed by atoms with E-state index in [9.17, 15) is 8.42 Å². The molecule has 2 heterocycles. The van der Waals surface area contributed by atoms with Gasteiger partial charge >= 0.3 is 0 Å². The molecule has 16 heavy (non-hydrogen) atoms. The second-order valence-corrected chi connectivity index (χ2v) is 7.52. The van der Waals surface area contributed by atoms with Crippen LogP contribution < -0.4 is 5.73 Å². The lowest BCUT2D eigenvalue weighted by atomic mass is 10.0. The Labute approximate surface area is 99.8 Å². The minimum absolute atomic E-state index is 0.155. The third kappa shape index (κ3) is 2.81. The molecule has 0 amide bonds. The van der Waals surface area contributed by atoms with E-state index in [2.05, 4.69) is 4.98 Å². The van der Waals surface area contributed by atoms with Gasteiger partial charge in [-0.05, 0) is 19.4 Å². The van der Waals surface area contributed by atoms with Crippen molar-refractivity contribution in [3.63, 3.8) is 0 Å². The first kappa shape index (κ1) is 12.0. The summed E-state index contributed by atoms with van der Waals surface area (Å²) < 4.78 is 23.1. The lowest BCUT2D eigenvalue weighted by Crippen LogP contribution is -2.23. The van der Waals surface area contributed by atoms with Crippen molar-refractivity contribution in [2.24, 2.45) is 5.73 Å². The molecule has 0 saturated carbocycles. The molecular weight excluding hydrogens is 244 g/mol. The lowest BCUT2D eigenvalue weighted by Gasteiger charge is -2.20. The maximum Gasteiger partial charge on any atom is 0.150 e. The summed E-state index contributed by atoms with van der Waals surface area (Å²) in [7, 11) is -2.83. The first-order chi connectivity index (χ1) is 7.61. The van der Waals surface area contributed by atoms with E-state index < -0.39 is 9.84 Å². The Morgan fingerprint density at radius 1 is 1.56 bits per heavy atom. The number of sulfone groups is 1. The van der Waals surface area contributed by atoms with Gasteiger partial charge in [-0.25, -0.2) is 13.4 Å². The van der Waals surface area contributed by atoms with Crippen LogP contribution in [-0.4, -0.2) is 31.5 Å². The Morgan fingerprint density at radius 3 is 3.06 bits per heavy atom. The van der Waals surface area contributed by atoms with Gasteiger partial charge in [-0.1, -0.05) is 0 Å². The molecule has 1 unspecified atom stereocenters. The minimum Gasteiger partial charge on any atom is -0.330 e. The largest absolute Gasteiger partial charge is 0.330 e.